The van der Waals surface area contributed by atoms with Crippen LogP contribution in [-0.2, 0) is 14.8 Å². The van der Waals surface area contributed by atoms with E-state index >= 15 is 0 Å². The van der Waals surface area contributed by atoms with Crippen molar-refractivity contribution in [3.63, 3.8) is 0 Å². The predicted molar refractivity (Wildman–Crippen MR) is 107 cm³/mol. The van der Waals surface area contributed by atoms with E-state index in [1.54, 1.807) is 16.8 Å². The van der Waals surface area contributed by atoms with E-state index in [0.29, 0.717) is 51.9 Å². The molecule has 2 fully saturated rings. The van der Waals surface area contributed by atoms with Gasteiger partial charge in [-0.1, -0.05) is 0 Å². The lowest BCUT2D eigenvalue weighted by atomic mass is 10.0. The van der Waals surface area contributed by atoms with Gasteiger partial charge in [-0.3, -0.25) is 0 Å². The summed E-state index contributed by atoms with van der Waals surface area (Å²) in [5.74, 6) is 0. The Balaban J connectivity index is 1.76. The van der Waals surface area contributed by atoms with Gasteiger partial charge in [0.1, 0.15) is 5.60 Å². The van der Waals surface area contributed by atoms with Crippen LogP contribution in [0.5, 0.6) is 0 Å². The van der Waals surface area contributed by atoms with E-state index in [4.69, 9.17) is 4.74 Å². The largest absolute Gasteiger partial charge is 0.444 e. The van der Waals surface area contributed by atoms with Gasteiger partial charge in [-0.05, 0) is 46.5 Å². The molecule has 0 aromatic heterocycles. The van der Waals surface area contributed by atoms with E-state index in [1.165, 1.54) is 10.6 Å². The van der Waals surface area contributed by atoms with E-state index in [9.17, 15) is 18.0 Å². The molecule has 0 aromatic rings. The zero-order valence-electron chi connectivity index (χ0n) is 17.6. The molecule has 0 aromatic carbocycles. The zero-order valence-corrected chi connectivity index (χ0v) is 18.4. The van der Waals surface area contributed by atoms with Gasteiger partial charge in [0, 0.05) is 45.3 Å². The minimum Gasteiger partial charge on any atom is -0.444 e. The number of carbonyl (C=O) groups is 2. The average molecular weight is 419 g/mol. The number of piperidine rings is 2. The Morgan fingerprint density at radius 3 is 2.04 bits per heavy atom. The lowest BCUT2D eigenvalue weighted by Gasteiger charge is -2.37. The molecule has 162 valence electrons. The lowest BCUT2D eigenvalue weighted by molar-refractivity contribution is 0.0200. The molecule has 2 rings (SSSR count). The number of carbonyl (C=O) groups excluding carboxylic acids is 2. The number of rotatable bonds is 3. The van der Waals surface area contributed by atoms with Gasteiger partial charge in [0.25, 0.3) is 0 Å². The SMILES string of the molecule is CN(C(=O)NC1CCN(C(=O)OC(C)(C)C)CC1)C1CCN(S(C)(=O)=O)CC1. The van der Waals surface area contributed by atoms with Crippen molar-refractivity contribution in [3.8, 4) is 0 Å². The van der Waals surface area contributed by atoms with Crippen LogP contribution >= 0.6 is 0 Å². The first-order valence-electron chi connectivity index (χ1n) is 9.83. The molecule has 0 spiro atoms. The van der Waals surface area contributed by atoms with Gasteiger partial charge in [-0.2, -0.15) is 0 Å². The van der Waals surface area contributed by atoms with Crippen LogP contribution in [0.1, 0.15) is 46.5 Å². The van der Waals surface area contributed by atoms with Crippen molar-refractivity contribution < 1.29 is 22.7 Å². The summed E-state index contributed by atoms with van der Waals surface area (Å²) < 4.78 is 30.1. The topological polar surface area (TPSA) is 99.3 Å². The van der Waals surface area contributed by atoms with Crippen LogP contribution in [0.4, 0.5) is 9.59 Å². The number of hydrogen-bond donors (Lipinski definition) is 1. The molecule has 9 nitrogen and oxygen atoms in total. The van der Waals surface area contributed by atoms with Gasteiger partial charge < -0.3 is 19.9 Å². The van der Waals surface area contributed by atoms with Crippen LogP contribution in [0.3, 0.4) is 0 Å². The second-order valence-electron chi connectivity index (χ2n) is 8.70. The lowest BCUT2D eigenvalue weighted by Crippen LogP contribution is -2.53. The predicted octanol–water partition coefficient (Wildman–Crippen LogP) is 1.45. The number of ether oxygens (including phenoxy) is 1. The van der Waals surface area contributed by atoms with Crippen LogP contribution in [0.15, 0.2) is 0 Å². The Morgan fingerprint density at radius 1 is 1.04 bits per heavy atom. The molecule has 0 unspecified atom stereocenters. The van der Waals surface area contributed by atoms with Gasteiger partial charge >= 0.3 is 12.1 Å². The van der Waals surface area contributed by atoms with Gasteiger partial charge in [-0.25, -0.2) is 22.3 Å². The summed E-state index contributed by atoms with van der Waals surface area (Å²) in [4.78, 5) is 28.0. The minimum absolute atomic E-state index is 0.0183. The number of likely N-dealkylation sites (tertiary alicyclic amines) is 1. The summed E-state index contributed by atoms with van der Waals surface area (Å²) in [6.45, 7) is 7.51. The van der Waals surface area contributed by atoms with E-state index in [-0.39, 0.29) is 24.2 Å². The summed E-state index contributed by atoms with van der Waals surface area (Å²) in [5.41, 5.74) is -0.516. The molecule has 0 saturated carbocycles. The molecular formula is C18H34N4O5S. The third-order valence-electron chi connectivity index (χ3n) is 5.23. The van der Waals surface area contributed by atoms with Crippen molar-refractivity contribution in [1.82, 2.24) is 19.4 Å². The van der Waals surface area contributed by atoms with Crippen LogP contribution in [-0.4, -0.2) is 91.8 Å². The number of urea groups is 1. The fraction of sp³-hybridized carbons (Fsp3) is 0.889. The third kappa shape index (κ3) is 6.51. The molecule has 2 heterocycles. The molecule has 0 bridgehead atoms. The monoisotopic (exact) mass is 418 g/mol. The summed E-state index contributed by atoms with van der Waals surface area (Å²) in [6, 6.07) is -0.0990. The normalized spacial score (nSPS) is 20.7. The van der Waals surface area contributed by atoms with E-state index in [0.717, 1.165) is 0 Å². The highest BCUT2D eigenvalue weighted by molar-refractivity contribution is 7.88. The van der Waals surface area contributed by atoms with Crippen molar-refractivity contribution in [3.05, 3.63) is 0 Å². The van der Waals surface area contributed by atoms with Crippen LogP contribution < -0.4 is 5.32 Å². The van der Waals surface area contributed by atoms with E-state index in [2.05, 4.69) is 5.32 Å². The maximum atomic E-state index is 12.6. The Bertz CT molecular complexity index is 660. The Hall–Kier alpha value is -1.55. The first-order chi connectivity index (χ1) is 12.9. The Morgan fingerprint density at radius 2 is 1.57 bits per heavy atom. The van der Waals surface area contributed by atoms with Crippen molar-refractivity contribution >= 4 is 22.1 Å². The molecule has 10 heteroatoms. The number of nitrogens with one attached hydrogen (secondary N) is 1. The highest BCUT2D eigenvalue weighted by Gasteiger charge is 2.31. The van der Waals surface area contributed by atoms with Crippen molar-refractivity contribution in [1.29, 1.82) is 0 Å². The van der Waals surface area contributed by atoms with Gasteiger partial charge in [0.2, 0.25) is 10.0 Å². The highest BCUT2D eigenvalue weighted by atomic mass is 32.2. The fourth-order valence-electron chi connectivity index (χ4n) is 3.54. The smallest absolute Gasteiger partial charge is 0.410 e. The van der Waals surface area contributed by atoms with Crippen molar-refractivity contribution in [2.45, 2.75) is 64.1 Å². The molecule has 3 amide bonds. The van der Waals surface area contributed by atoms with Gasteiger partial charge in [-0.15, -0.1) is 0 Å². The summed E-state index contributed by atoms with van der Waals surface area (Å²) in [5, 5.41) is 3.04. The number of amides is 3. The third-order valence-corrected chi connectivity index (χ3v) is 6.54. The van der Waals surface area contributed by atoms with Crippen LogP contribution in [0.25, 0.3) is 0 Å². The molecular weight excluding hydrogens is 384 g/mol. The van der Waals surface area contributed by atoms with Crippen LogP contribution in [0.2, 0.25) is 0 Å². The van der Waals surface area contributed by atoms with Crippen molar-refractivity contribution in [2.75, 3.05) is 39.5 Å². The second kappa shape index (κ2) is 8.86. The summed E-state index contributed by atoms with van der Waals surface area (Å²) in [6.07, 6.45) is 3.54. The van der Waals surface area contributed by atoms with Crippen LogP contribution in [0, 0.1) is 0 Å². The van der Waals surface area contributed by atoms with E-state index < -0.39 is 15.6 Å². The molecule has 28 heavy (non-hydrogen) atoms. The van der Waals surface area contributed by atoms with Gasteiger partial charge in [0.15, 0.2) is 0 Å². The Kier molecular flexibility index (Phi) is 7.19. The second-order valence-corrected chi connectivity index (χ2v) is 10.7. The maximum absolute atomic E-state index is 12.6. The average Bonchev–Trinajstić information content (AvgIpc) is 2.59. The molecule has 1 N–H and O–H groups in total. The first-order valence-corrected chi connectivity index (χ1v) is 11.7. The number of hydrogen-bond acceptors (Lipinski definition) is 5. The molecule has 0 radical (unpaired) electrons. The quantitative estimate of drug-likeness (QED) is 0.748. The number of sulfonamides is 1. The maximum Gasteiger partial charge on any atom is 0.410 e. The minimum atomic E-state index is -3.17. The molecule has 0 aliphatic carbocycles. The van der Waals surface area contributed by atoms with Gasteiger partial charge in [0.05, 0.1) is 6.26 Å². The first kappa shape index (κ1) is 22.7. The molecule has 2 saturated heterocycles. The van der Waals surface area contributed by atoms with E-state index in [1.807, 2.05) is 20.8 Å². The fourth-order valence-corrected chi connectivity index (χ4v) is 4.41. The standard InChI is InChI=1S/C18H34N4O5S/c1-18(2,3)27-17(24)21-10-6-14(7-11-21)19-16(23)20(4)15-8-12-22(13-9-15)28(5,25)26/h14-15H,6-13H2,1-5H3,(H,19,23). The van der Waals surface area contributed by atoms with Crippen molar-refractivity contribution in [2.24, 2.45) is 0 Å². The summed E-state index contributed by atoms with van der Waals surface area (Å²) >= 11 is 0. The number of nitrogens with zero attached hydrogens (tertiary/aromatic N) is 3. The zero-order chi connectivity index (χ0) is 21.1. The highest BCUT2D eigenvalue weighted by Crippen LogP contribution is 2.19. The Labute approximate surface area is 168 Å². The molecule has 0 atom stereocenters. The summed E-state index contributed by atoms with van der Waals surface area (Å²) in [7, 11) is -1.41. The molecule has 2 aliphatic heterocycles. The molecule has 2 aliphatic rings.